The van der Waals surface area contributed by atoms with Gasteiger partial charge in [-0.25, -0.2) is 9.78 Å². The lowest BCUT2D eigenvalue weighted by atomic mass is 10.1. The van der Waals surface area contributed by atoms with Crippen LogP contribution >= 0.6 is 15.9 Å². The first-order chi connectivity index (χ1) is 12.4. The predicted octanol–water partition coefficient (Wildman–Crippen LogP) is 4.26. The Morgan fingerprint density at radius 1 is 1.04 bits per heavy atom. The first kappa shape index (κ1) is 17.9. The molecule has 0 aliphatic heterocycles. The molecule has 2 amide bonds. The van der Waals surface area contributed by atoms with Crippen molar-refractivity contribution in [3.63, 3.8) is 0 Å². The zero-order valence-corrected chi connectivity index (χ0v) is 15.9. The van der Waals surface area contributed by atoms with Crippen LogP contribution in [0.25, 0.3) is 5.69 Å². The number of benzene rings is 2. The lowest BCUT2D eigenvalue weighted by Crippen LogP contribution is -2.28. The van der Waals surface area contributed by atoms with Gasteiger partial charge in [-0.15, -0.1) is 0 Å². The molecule has 2 N–H and O–H groups in total. The highest BCUT2D eigenvalue weighted by atomic mass is 79.9. The summed E-state index contributed by atoms with van der Waals surface area (Å²) in [5.74, 6) is -0.0447. The van der Waals surface area contributed by atoms with Gasteiger partial charge in [0.25, 0.3) is 5.56 Å². The van der Waals surface area contributed by atoms with Crippen LogP contribution in [0.15, 0.2) is 64.1 Å². The highest BCUT2D eigenvalue weighted by molar-refractivity contribution is 9.10. The minimum atomic E-state index is -0.522. The summed E-state index contributed by atoms with van der Waals surface area (Å²) in [5, 5.41) is 5.22. The van der Waals surface area contributed by atoms with Crippen LogP contribution in [0, 0.1) is 13.8 Å². The number of hydrogen-bond donors (Lipinski definition) is 2. The number of aryl methyl sites for hydroxylation is 2. The van der Waals surface area contributed by atoms with E-state index in [0.29, 0.717) is 11.4 Å². The van der Waals surface area contributed by atoms with Gasteiger partial charge in [-0.3, -0.25) is 14.7 Å². The van der Waals surface area contributed by atoms with Gasteiger partial charge < -0.3 is 5.32 Å². The molecule has 0 aliphatic carbocycles. The molecule has 26 heavy (non-hydrogen) atoms. The molecule has 0 atom stereocenters. The first-order valence-electron chi connectivity index (χ1n) is 7.93. The SMILES string of the molecule is Cc1ccc(NC(=O)Nc2nccn(-c3ccc(Br)cc3)c2=O)cc1C. The van der Waals surface area contributed by atoms with E-state index in [4.69, 9.17) is 0 Å². The van der Waals surface area contributed by atoms with Crippen LogP contribution in [0.2, 0.25) is 0 Å². The number of rotatable bonds is 3. The van der Waals surface area contributed by atoms with Crippen molar-refractivity contribution in [3.05, 3.63) is 80.8 Å². The smallest absolute Gasteiger partial charge is 0.308 e. The molecule has 6 nitrogen and oxygen atoms in total. The number of nitrogens with zero attached hydrogens (tertiary/aromatic N) is 2. The molecule has 0 aliphatic rings. The number of anilines is 2. The highest BCUT2D eigenvalue weighted by Gasteiger charge is 2.10. The summed E-state index contributed by atoms with van der Waals surface area (Å²) < 4.78 is 2.33. The Kier molecular flexibility index (Phi) is 5.18. The van der Waals surface area contributed by atoms with E-state index in [-0.39, 0.29) is 5.82 Å². The number of amides is 2. The molecule has 0 bridgehead atoms. The zero-order valence-electron chi connectivity index (χ0n) is 14.3. The minimum Gasteiger partial charge on any atom is -0.308 e. The van der Waals surface area contributed by atoms with Gasteiger partial charge in [0.15, 0.2) is 0 Å². The van der Waals surface area contributed by atoms with Crippen molar-refractivity contribution in [2.75, 3.05) is 10.6 Å². The maximum Gasteiger partial charge on any atom is 0.325 e. The normalized spacial score (nSPS) is 10.4. The second kappa shape index (κ2) is 7.53. The minimum absolute atomic E-state index is 0.0447. The second-order valence-corrected chi connectivity index (χ2v) is 6.72. The van der Waals surface area contributed by atoms with Gasteiger partial charge in [-0.1, -0.05) is 22.0 Å². The Morgan fingerprint density at radius 2 is 1.77 bits per heavy atom. The third-order valence-electron chi connectivity index (χ3n) is 3.94. The maximum absolute atomic E-state index is 12.6. The number of carbonyl (C=O) groups is 1. The summed E-state index contributed by atoms with van der Waals surface area (Å²) in [5.41, 5.74) is 3.12. The van der Waals surface area contributed by atoms with Gasteiger partial charge in [0.05, 0.1) is 0 Å². The summed E-state index contributed by atoms with van der Waals surface area (Å²) >= 11 is 3.36. The van der Waals surface area contributed by atoms with Gasteiger partial charge in [0.2, 0.25) is 5.82 Å². The number of aromatic nitrogens is 2. The van der Waals surface area contributed by atoms with E-state index in [1.807, 2.05) is 38.1 Å². The summed E-state index contributed by atoms with van der Waals surface area (Å²) in [6.45, 7) is 3.96. The summed E-state index contributed by atoms with van der Waals surface area (Å²) in [6.07, 6.45) is 3.02. The number of halogens is 1. The molecular weight excluding hydrogens is 396 g/mol. The quantitative estimate of drug-likeness (QED) is 0.674. The summed E-state index contributed by atoms with van der Waals surface area (Å²) in [7, 11) is 0. The number of nitrogens with one attached hydrogen (secondary N) is 2. The molecule has 0 unspecified atom stereocenters. The van der Waals surface area contributed by atoms with Crippen LogP contribution in [0.4, 0.5) is 16.3 Å². The Balaban J connectivity index is 1.80. The molecule has 0 saturated heterocycles. The van der Waals surface area contributed by atoms with Gasteiger partial charge >= 0.3 is 6.03 Å². The van der Waals surface area contributed by atoms with Crippen molar-refractivity contribution in [3.8, 4) is 5.69 Å². The molecule has 1 heterocycles. The summed E-state index contributed by atoms with van der Waals surface area (Å²) in [4.78, 5) is 28.8. The molecule has 1 aromatic heterocycles. The van der Waals surface area contributed by atoms with E-state index in [1.165, 1.54) is 10.8 Å². The molecule has 0 saturated carbocycles. The van der Waals surface area contributed by atoms with E-state index in [2.05, 4.69) is 31.5 Å². The molecule has 3 aromatic rings. The van der Waals surface area contributed by atoms with E-state index < -0.39 is 11.6 Å². The predicted molar refractivity (Wildman–Crippen MR) is 106 cm³/mol. The molecule has 0 radical (unpaired) electrons. The van der Waals surface area contributed by atoms with E-state index in [1.54, 1.807) is 24.4 Å². The van der Waals surface area contributed by atoms with E-state index >= 15 is 0 Å². The van der Waals surface area contributed by atoms with Crippen LogP contribution in [0.1, 0.15) is 11.1 Å². The van der Waals surface area contributed by atoms with Gasteiger partial charge in [0.1, 0.15) is 0 Å². The van der Waals surface area contributed by atoms with Crippen molar-refractivity contribution in [1.29, 1.82) is 0 Å². The lowest BCUT2D eigenvalue weighted by Gasteiger charge is -2.10. The number of urea groups is 1. The van der Waals surface area contributed by atoms with Crippen molar-refractivity contribution >= 4 is 33.5 Å². The van der Waals surface area contributed by atoms with Gasteiger partial charge in [-0.2, -0.15) is 0 Å². The average Bonchev–Trinajstić information content (AvgIpc) is 2.61. The second-order valence-electron chi connectivity index (χ2n) is 5.81. The number of hydrogen-bond acceptors (Lipinski definition) is 3. The van der Waals surface area contributed by atoms with Crippen LogP contribution in [-0.2, 0) is 0 Å². The fraction of sp³-hybridized carbons (Fsp3) is 0.105. The Bertz CT molecular complexity index is 1010. The Morgan fingerprint density at radius 3 is 2.46 bits per heavy atom. The average molecular weight is 413 g/mol. The first-order valence-corrected chi connectivity index (χ1v) is 8.72. The number of carbonyl (C=O) groups excluding carboxylic acids is 1. The molecule has 7 heteroatoms. The van der Waals surface area contributed by atoms with E-state index in [0.717, 1.165) is 15.6 Å². The summed E-state index contributed by atoms with van der Waals surface area (Å²) in [6, 6.07) is 12.3. The molecule has 132 valence electrons. The Labute approximate surface area is 159 Å². The topological polar surface area (TPSA) is 76.0 Å². The fourth-order valence-corrected chi connectivity index (χ4v) is 2.66. The van der Waals surface area contributed by atoms with Crippen molar-refractivity contribution in [2.24, 2.45) is 0 Å². The molecule has 0 spiro atoms. The van der Waals surface area contributed by atoms with Crippen molar-refractivity contribution in [1.82, 2.24) is 9.55 Å². The fourth-order valence-electron chi connectivity index (χ4n) is 2.39. The van der Waals surface area contributed by atoms with Crippen molar-refractivity contribution < 1.29 is 4.79 Å². The molecule has 0 fully saturated rings. The van der Waals surface area contributed by atoms with E-state index in [9.17, 15) is 9.59 Å². The monoisotopic (exact) mass is 412 g/mol. The highest BCUT2D eigenvalue weighted by Crippen LogP contribution is 2.15. The standard InChI is InChI=1S/C19H17BrN4O2/c1-12-3-6-15(11-13(12)2)22-19(26)23-17-18(25)24(10-9-21-17)16-7-4-14(20)5-8-16/h3-11H,1-2H3,(H2,21,22,23,26). The molecule has 3 rings (SSSR count). The molecular formula is C19H17BrN4O2. The van der Waals surface area contributed by atoms with Crippen LogP contribution in [-0.4, -0.2) is 15.6 Å². The Hall–Kier alpha value is -2.93. The van der Waals surface area contributed by atoms with Gasteiger partial charge in [-0.05, 0) is 61.4 Å². The van der Waals surface area contributed by atoms with Crippen LogP contribution in [0.3, 0.4) is 0 Å². The van der Waals surface area contributed by atoms with Crippen LogP contribution in [0.5, 0.6) is 0 Å². The molecule has 2 aromatic carbocycles. The van der Waals surface area contributed by atoms with Gasteiger partial charge in [0, 0.05) is 28.2 Å². The zero-order chi connectivity index (χ0) is 18.7. The van der Waals surface area contributed by atoms with Crippen LogP contribution < -0.4 is 16.2 Å². The van der Waals surface area contributed by atoms with Crippen molar-refractivity contribution in [2.45, 2.75) is 13.8 Å². The maximum atomic E-state index is 12.6. The largest absolute Gasteiger partial charge is 0.325 e. The third kappa shape index (κ3) is 4.00. The third-order valence-corrected chi connectivity index (χ3v) is 4.47. The lowest BCUT2D eigenvalue weighted by molar-refractivity contribution is 0.262.